The third-order valence-electron chi connectivity index (χ3n) is 3.58. The SMILES string of the molecule is O=C(Oc1ccc([N+](=O)[O-])cc1)N(Cc1ccccc1)c1ccccn1. The molecule has 0 radical (unpaired) electrons. The molecule has 26 heavy (non-hydrogen) atoms. The summed E-state index contributed by atoms with van der Waals surface area (Å²) in [4.78, 5) is 28.5. The summed E-state index contributed by atoms with van der Waals surface area (Å²) in [6.45, 7) is 0.281. The van der Waals surface area contributed by atoms with Crippen LogP contribution in [0.15, 0.2) is 79.0 Å². The summed E-state index contributed by atoms with van der Waals surface area (Å²) in [7, 11) is 0. The number of rotatable bonds is 5. The molecule has 0 saturated carbocycles. The van der Waals surface area contributed by atoms with Gasteiger partial charge in [-0.25, -0.2) is 9.78 Å². The fourth-order valence-electron chi connectivity index (χ4n) is 2.31. The van der Waals surface area contributed by atoms with Crippen molar-refractivity contribution in [3.05, 3.63) is 94.7 Å². The maximum Gasteiger partial charge on any atom is 0.421 e. The van der Waals surface area contributed by atoms with Crippen LogP contribution >= 0.6 is 0 Å². The summed E-state index contributed by atoms with van der Waals surface area (Å²) in [5.41, 5.74) is 0.842. The number of non-ortho nitro benzene ring substituents is 1. The van der Waals surface area contributed by atoms with E-state index in [1.807, 2.05) is 30.3 Å². The Hall–Kier alpha value is -3.74. The number of nitro groups is 1. The van der Waals surface area contributed by atoms with Gasteiger partial charge in [-0.1, -0.05) is 36.4 Å². The van der Waals surface area contributed by atoms with Crippen molar-refractivity contribution in [2.75, 3.05) is 4.90 Å². The molecule has 0 aliphatic rings. The van der Waals surface area contributed by atoms with Crippen LogP contribution in [0.5, 0.6) is 5.75 Å². The molecule has 0 spiro atoms. The number of ether oxygens (including phenoxy) is 1. The molecule has 0 atom stereocenters. The van der Waals surface area contributed by atoms with E-state index in [1.54, 1.807) is 24.4 Å². The summed E-state index contributed by atoms with van der Waals surface area (Å²) in [6.07, 6.45) is 0.966. The number of pyridine rings is 1. The van der Waals surface area contributed by atoms with Crippen molar-refractivity contribution in [3.8, 4) is 5.75 Å². The van der Waals surface area contributed by atoms with E-state index < -0.39 is 11.0 Å². The molecule has 1 aromatic heterocycles. The number of benzene rings is 2. The third kappa shape index (κ3) is 4.21. The molecule has 3 aromatic rings. The van der Waals surface area contributed by atoms with Crippen LogP contribution in [0.2, 0.25) is 0 Å². The Morgan fingerprint density at radius 1 is 1.00 bits per heavy atom. The number of carbonyl (C=O) groups excluding carboxylic acids is 1. The van der Waals surface area contributed by atoms with Gasteiger partial charge in [-0.3, -0.25) is 15.0 Å². The highest BCUT2D eigenvalue weighted by molar-refractivity contribution is 5.87. The van der Waals surface area contributed by atoms with E-state index >= 15 is 0 Å². The molecule has 130 valence electrons. The zero-order valence-electron chi connectivity index (χ0n) is 13.7. The van der Waals surface area contributed by atoms with Crippen LogP contribution < -0.4 is 9.64 Å². The lowest BCUT2D eigenvalue weighted by Gasteiger charge is -2.21. The van der Waals surface area contributed by atoms with Crippen LogP contribution in [0.3, 0.4) is 0 Å². The van der Waals surface area contributed by atoms with Crippen molar-refractivity contribution in [3.63, 3.8) is 0 Å². The molecule has 0 fully saturated rings. The predicted octanol–water partition coefficient (Wildman–Crippen LogP) is 4.20. The summed E-state index contributed by atoms with van der Waals surface area (Å²) in [6, 6.07) is 20.0. The lowest BCUT2D eigenvalue weighted by atomic mass is 10.2. The number of aromatic nitrogens is 1. The van der Waals surface area contributed by atoms with E-state index in [9.17, 15) is 14.9 Å². The van der Waals surface area contributed by atoms with Crippen LogP contribution in [-0.4, -0.2) is 16.0 Å². The van der Waals surface area contributed by atoms with Gasteiger partial charge in [-0.2, -0.15) is 0 Å². The van der Waals surface area contributed by atoms with Crippen molar-refractivity contribution < 1.29 is 14.5 Å². The minimum Gasteiger partial charge on any atom is -0.410 e. The highest BCUT2D eigenvalue weighted by atomic mass is 16.6. The lowest BCUT2D eigenvalue weighted by Crippen LogP contribution is -2.33. The Morgan fingerprint density at radius 3 is 2.31 bits per heavy atom. The zero-order valence-corrected chi connectivity index (χ0v) is 13.7. The van der Waals surface area contributed by atoms with Gasteiger partial charge in [-0.15, -0.1) is 0 Å². The van der Waals surface area contributed by atoms with Crippen molar-refractivity contribution in [2.45, 2.75) is 6.54 Å². The molecule has 7 heteroatoms. The van der Waals surface area contributed by atoms with E-state index in [-0.39, 0.29) is 18.0 Å². The van der Waals surface area contributed by atoms with E-state index in [1.165, 1.54) is 29.2 Å². The predicted molar refractivity (Wildman–Crippen MR) is 96.0 cm³/mol. The van der Waals surface area contributed by atoms with Gasteiger partial charge >= 0.3 is 6.09 Å². The van der Waals surface area contributed by atoms with Crippen LogP contribution in [-0.2, 0) is 6.54 Å². The maximum atomic E-state index is 12.7. The first-order valence-electron chi connectivity index (χ1n) is 7.82. The standard InChI is InChI=1S/C19H15N3O4/c23-19(26-17-11-9-16(10-12-17)22(24)25)21(18-8-4-5-13-20-18)14-15-6-2-1-3-7-15/h1-13H,14H2. The topological polar surface area (TPSA) is 85.6 Å². The lowest BCUT2D eigenvalue weighted by molar-refractivity contribution is -0.384. The number of amides is 1. The molecule has 1 amide bonds. The minimum absolute atomic E-state index is 0.0735. The van der Waals surface area contributed by atoms with E-state index in [0.717, 1.165) is 5.56 Å². The van der Waals surface area contributed by atoms with Gasteiger partial charge in [0, 0.05) is 18.3 Å². The molecule has 0 N–H and O–H groups in total. The third-order valence-corrected chi connectivity index (χ3v) is 3.58. The fraction of sp³-hybridized carbons (Fsp3) is 0.0526. The zero-order chi connectivity index (χ0) is 18.4. The average Bonchev–Trinajstić information content (AvgIpc) is 2.68. The Bertz CT molecular complexity index is 884. The summed E-state index contributed by atoms with van der Waals surface area (Å²) in [5.74, 6) is 0.665. The molecule has 0 unspecified atom stereocenters. The van der Waals surface area contributed by atoms with E-state index in [0.29, 0.717) is 5.82 Å². The smallest absolute Gasteiger partial charge is 0.410 e. The summed E-state index contributed by atoms with van der Waals surface area (Å²) < 4.78 is 5.36. The number of anilines is 1. The summed E-state index contributed by atoms with van der Waals surface area (Å²) in [5, 5.41) is 10.7. The van der Waals surface area contributed by atoms with Crippen LogP contribution in [0.25, 0.3) is 0 Å². The van der Waals surface area contributed by atoms with Crippen LogP contribution in [0.4, 0.5) is 16.3 Å². The van der Waals surface area contributed by atoms with Gasteiger partial charge in [0.2, 0.25) is 0 Å². The van der Waals surface area contributed by atoms with Crippen LogP contribution in [0, 0.1) is 10.1 Å². The Kier molecular flexibility index (Phi) is 5.19. The Labute approximate surface area is 149 Å². The van der Waals surface area contributed by atoms with Crippen molar-refractivity contribution in [2.24, 2.45) is 0 Å². The van der Waals surface area contributed by atoms with Gasteiger partial charge in [0.15, 0.2) is 0 Å². The number of nitrogens with zero attached hydrogens (tertiary/aromatic N) is 3. The molecule has 0 bridgehead atoms. The monoisotopic (exact) mass is 349 g/mol. The molecule has 1 heterocycles. The normalized spacial score (nSPS) is 10.2. The fourth-order valence-corrected chi connectivity index (χ4v) is 2.31. The van der Waals surface area contributed by atoms with Crippen molar-refractivity contribution in [1.82, 2.24) is 4.98 Å². The number of hydrogen-bond donors (Lipinski definition) is 0. The van der Waals surface area contributed by atoms with Crippen molar-refractivity contribution >= 4 is 17.6 Å². The highest BCUT2D eigenvalue weighted by Crippen LogP contribution is 2.20. The maximum absolute atomic E-state index is 12.7. The molecule has 0 aliphatic carbocycles. The second-order valence-corrected chi connectivity index (χ2v) is 5.38. The van der Waals surface area contributed by atoms with Gasteiger partial charge in [0.25, 0.3) is 5.69 Å². The first-order chi connectivity index (χ1) is 12.6. The molecule has 7 nitrogen and oxygen atoms in total. The molecular weight excluding hydrogens is 334 g/mol. The second kappa shape index (κ2) is 7.89. The second-order valence-electron chi connectivity index (χ2n) is 5.38. The Balaban J connectivity index is 1.81. The first kappa shape index (κ1) is 17.1. The van der Waals surface area contributed by atoms with E-state index in [2.05, 4.69) is 4.98 Å². The molecule has 0 saturated heterocycles. The van der Waals surface area contributed by atoms with Gasteiger partial charge in [0.05, 0.1) is 11.5 Å². The van der Waals surface area contributed by atoms with E-state index in [4.69, 9.17) is 4.74 Å². The van der Waals surface area contributed by atoms with Crippen LogP contribution in [0.1, 0.15) is 5.56 Å². The summed E-state index contributed by atoms with van der Waals surface area (Å²) >= 11 is 0. The molecular formula is C19H15N3O4. The quantitative estimate of drug-likeness (QED) is 0.509. The van der Waals surface area contributed by atoms with Gasteiger partial charge < -0.3 is 4.74 Å². The molecule has 3 rings (SSSR count). The van der Waals surface area contributed by atoms with Gasteiger partial charge in [0.1, 0.15) is 11.6 Å². The number of carbonyl (C=O) groups is 1. The highest BCUT2D eigenvalue weighted by Gasteiger charge is 2.20. The molecule has 0 aliphatic heterocycles. The number of hydrogen-bond acceptors (Lipinski definition) is 5. The Morgan fingerprint density at radius 2 is 1.69 bits per heavy atom. The largest absolute Gasteiger partial charge is 0.421 e. The van der Waals surface area contributed by atoms with Gasteiger partial charge in [-0.05, 0) is 29.8 Å². The number of nitro benzene ring substituents is 1. The minimum atomic E-state index is -0.624. The average molecular weight is 349 g/mol. The molecule has 2 aromatic carbocycles. The van der Waals surface area contributed by atoms with Crippen molar-refractivity contribution in [1.29, 1.82) is 0 Å². The first-order valence-corrected chi connectivity index (χ1v) is 7.82.